The predicted molar refractivity (Wildman–Crippen MR) is 104 cm³/mol. The number of imide groups is 1. The van der Waals surface area contributed by atoms with Crippen molar-refractivity contribution in [2.24, 2.45) is 0 Å². The van der Waals surface area contributed by atoms with Gasteiger partial charge in [0.2, 0.25) is 5.91 Å². The predicted octanol–water partition coefficient (Wildman–Crippen LogP) is 2.20. The van der Waals surface area contributed by atoms with E-state index in [1.165, 1.54) is 19.1 Å². The van der Waals surface area contributed by atoms with Gasteiger partial charge in [-0.2, -0.15) is 0 Å². The molecule has 2 aromatic carbocycles. The number of fused-ring (bicyclic) bond motifs is 2. The summed E-state index contributed by atoms with van der Waals surface area (Å²) in [4.78, 5) is 50.2. The molecule has 2 heterocycles. The summed E-state index contributed by atoms with van der Waals surface area (Å²) in [7, 11) is 0. The van der Waals surface area contributed by atoms with Gasteiger partial charge in [-0.25, -0.2) is 9.18 Å². The summed E-state index contributed by atoms with van der Waals surface area (Å²) in [6.45, 7) is 0.898. The van der Waals surface area contributed by atoms with Gasteiger partial charge in [0.1, 0.15) is 11.6 Å². The summed E-state index contributed by atoms with van der Waals surface area (Å²) in [5.74, 6) is -2.06. The summed E-state index contributed by atoms with van der Waals surface area (Å²) in [5, 5.41) is 5.11. The van der Waals surface area contributed by atoms with Crippen molar-refractivity contribution in [1.29, 1.82) is 0 Å². The molecule has 2 aromatic rings. The number of ketones is 1. The van der Waals surface area contributed by atoms with Crippen LogP contribution in [-0.2, 0) is 15.1 Å². The Hall–Kier alpha value is -3.75. The molecule has 2 aliphatic rings. The van der Waals surface area contributed by atoms with E-state index >= 15 is 0 Å². The molecule has 1 fully saturated rings. The van der Waals surface area contributed by atoms with E-state index in [9.17, 15) is 23.6 Å². The highest BCUT2D eigenvalue weighted by molar-refractivity contribution is 6.11. The van der Waals surface area contributed by atoms with Crippen LogP contribution >= 0.6 is 0 Å². The summed E-state index contributed by atoms with van der Waals surface area (Å²) in [6, 6.07) is 9.76. The number of amides is 4. The minimum atomic E-state index is -1.31. The van der Waals surface area contributed by atoms with Crippen molar-refractivity contribution in [3.63, 3.8) is 0 Å². The molecule has 1 saturated heterocycles. The highest BCUT2D eigenvalue weighted by Crippen LogP contribution is 2.41. The van der Waals surface area contributed by atoms with Gasteiger partial charge in [-0.1, -0.05) is 18.2 Å². The van der Waals surface area contributed by atoms with E-state index in [0.717, 1.165) is 11.0 Å². The molecule has 0 bridgehead atoms. The Balaban J connectivity index is 1.58. The zero-order chi connectivity index (χ0) is 21.5. The molecule has 4 amide bonds. The molecule has 154 valence electrons. The number of urea groups is 1. The first-order valence-corrected chi connectivity index (χ1v) is 9.28. The molecule has 4 rings (SSSR count). The molecule has 9 heteroatoms. The maximum Gasteiger partial charge on any atom is 0.325 e. The van der Waals surface area contributed by atoms with Crippen LogP contribution in [-0.4, -0.2) is 41.7 Å². The van der Waals surface area contributed by atoms with Gasteiger partial charge in [0.15, 0.2) is 11.3 Å². The van der Waals surface area contributed by atoms with Crippen molar-refractivity contribution in [1.82, 2.24) is 10.2 Å². The van der Waals surface area contributed by atoms with Gasteiger partial charge in [0, 0.05) is 24.6 Å². The third kappa shape index (κ3) is 3.18. The van der Waals surface area contributed by atoms with Crippen molar-refractivity contribution in [3.05, 3.63) is 59.4 Å². The molecule has 8 nitrogen and oxygen atoms in total. The number of nitrogens with zero attached hydrogens (tertiary/aromatic N) is 1. The van der Waals surface area contributed by atoms with E-state index in [-0.39, 0.29) is 30.2 Å². The number of anilines is 1. The summed E-state index contributed by atoms with van der Waals surface area (Å²) >= 11 is 0. The highest BCUT2D eigenvalue weighted by atomic mass is 19.1. The van der Waals surface area contributed by atoms with E-state index in [1.807, 2.05) is 0 Å². The van der Waals surface area contributed by atoms with Gasteiger partial charge >= 0.3 is 6.03 Å². The van der Waals surface area contributed by atoms with Crippen molar-refractivity contribution in [3.8, 4) is 5.75 Å². The molecule has 1 atom stereocenters. The second kappa shape index (κ2) is 7.25. The normalized spacial score (nSPS) is 19.9. The number of para-hydroxylation sites is 1. The summed E-state index contributed by atoms with van der Waals surface area (Å²) in [5.41, 5.74) is -0.863. The van der Waals surface area contributed by atoms with Gasteiger partial charge in [-0.05, 0) is 24.3 Å². The fourth-order valence-corrected chi connectivity index (χ4v) is 3.77. The first kappa shape index (κ1) is 19.6. The van der Waals surface area contributed by atoms with Crippen molar-refractivity contribution in [2.45, 2.75) is 18.9 Å². The quantitative estimate of drug-likeness (QED) is 0.593. The maximum absolute atomic E-state index is 14.4. The SMILES string of the molecule is CC(=O)Nc1ccc(C(=O)CN2C(=O)N[C@]3(CCOc4ccccc43)C2=O)c(F)c1. The van der Waals surface area contributed by atoms with Crippen LogP contribution in [0.4, 0.5) is 14.9 Å². The van der Waals surface area contributed by atoms with Crippen LogP contribution in [0.3, 0.4) is 0 Å². The van der Waals surface area contributed by atoms with Crippen LogP contribution in [0.15, 0.2) is 42.5 Å². The lowest BCUT2D eigenvalue weighted by Crippen LogP contribution is -2.47. The first-order valence-electron chi connectivity index (χ1n) is 9.28. The van der Waals surface area contributed by atoms with Crippen LogP contribution in [0.1, 0.15) is 29.3 Å². The first-order chi connectivity index (χ1) is 14.3. The lowest BCUT2D eigenvalue weighted by molar-refractivity contribution is -0.132. The summed E-state index contributed by atoms with van der Waals surface area (Å²) < 4.78 is 19.9. The molecule has 0 aromatic heterocycles. The Morgan fingerprint density at radius 1 is 1.23 bits per heavy atom. The van der Waals surface area contributed by atoms with Gasteiger partial charge in [-0.15, -0.1) is 0 Å². The average Bonchev–Trinajstić information content (AvgIpc) is 2.92. The zero-order valence-corrected chi connectivity index (χ0v) is 16.0. The second-order valence-electron chi connectivity index (χ2n) is 7.12. The van der Waals surface area contributed by atoms with Crippen LogP contribution < -0.4 is 15.4 Å². The van der Waals surface area contributed by atoms with Crippen LogP contribution in [0, 0.1) is 5.82 Å². The lowest BCUT2D eigenvalue weighted by atomic mass is 9.84. The molecule has 30 heavy (non-hydrogen) atoms. The van der Waals surface area contributed by atoms with E-state index in [2.05, 4.69) is 10.6 Å². The minimum Gasteiger partial charge on any atom is -0.493 e. The van der Waals surface area contributed by atoms with E-state index in [4.69, 9.17) is 4.74 Å². The molecule has 0 radical (unpaired) electrons. The Bertz CT molecular complexity index is 1090. The van der Waals surface area contributed by atoms with E-state index in [0.29, 0.717) is 11.3 Å². The molecular weight excluding hydrogens is 393 g/mol. The zero-order valence-electron chi connectivity index (χ0n) is 16.0. The van der Waals surface area contributed by atoms with Crippen molar-refractivity contribution >= 4 is 29.3 Å². The number of nitrogens with one attached hydrogen (secondary N) is 2. The number of benzene rings is 2. The fourth-order valence-electron chi connectivity index (χ4n) is 3.77. The number of carbonyl (C=O) groups is 4. The highest BCUT2D eigenvalue weighted by Gasteiger charge is 2.55. The summed E-state index contributed by atoms with van der Waals surface area (Å²) in [6.07, 6.45) is 0.221. The van der Waals surface area contributed by atoms with Crippen LogP contribution in [0.2, 0.25) is 0 Å². The Labute approximate surface area is 171 Å². The smallest absolute Gasteiger partial charge is 0.325 e. The maximum atomic E-state index is 14.4. The number of hydrogen-bond donors (Lipinski definition) is 2. The molecule has 0 unspecified atom stereocenters. The monoisotopic (exact) mass is 411 g/mol. The van der Waals surface area contributed by atoms with Crippen LogP contribution in [0.25, 0.3) is 0 Å². The molecule has 0 aliphatic carbocycles. The van der Waals surface area contributed by atoms with E-state index in [1.54, 1.807) is 24.3 Å². The fraction of sp³-hybridized carbons (Fsp3) is 0.238. The molecule has 0 saturated carbocycles. The number of halogens is 1. The molecule has 1 spiro atoms. The van der Waals surface area contributed by atoms with Crippen LogP contribution in [0.5, 0.6) is 5.75 Å². The van der Waals surface area contributed by atoms with E-state index < -0.39 is 35.6 Å². The van der Waals surface area contributed by atoms with Gasteiger partial charge in [0.25, 0.3) is 5.91 Å². The number of hydrogen-bond acceptors (Lipinski definition) is 5. The Kier molecular flexibility index (Phi) is 4.73. The number of ether oxygens (including phenoxy) is 1. The lowest BCUT2D eigenvalue weighted by Gasteiger charge is -2.33. The van der Waals surface area contributed by atoms with Gasteiger partial charge in [-0.3, -0.25) is 19.3 Å². The molecular formula is C21H18FN3O5. The average molecular weight is 411 g/mol. The topological polar surface area (TPSA) is 105 Å². The Morgan fingerprint density at radius 2 is 2.00 bits per heavy atom. The van der Waals surface area contributed by atoms with Crippen molar-refractivity contribution < 1.29 is 28.3 Å². The molecule has 2 N–H and O–H groups in total. The number of Topliss-reactive ketones (excluding diaryl/α,β-unsaturated/α-hetero) is 1. The number of carbonyl (C=O) groups excluding carboxylic acids is 4. The standard InChI is InChI=1S/C21H18FN3O5/c1-12(26)23-13-6-7-14(16(22)10-13)17(27)11-25-19(28)21(24-20(25)29)8-9-30-18-5-3-2-4-15(18)21/h2-7,10H,8-9,11H2,1H3,(H,23,26)(H,24,29)/t21-/m0/s1. The van der Waals surface area contributed by atoms with Gasteiger partial charge in [0.05, 0.1) is 18.7 Å². The largest absolute Gasteiger partial charge is 0.493 e. The minimum absolute atomic E-state index is 0.198. The molecule has 2 aliphatic heterocycles. The Morgan fingerprint density at radius 3 is 2.73 bits per heavy atom. The third-order valence-electron chi connectivity index (χ3n) is 5.15. The second-order valence-corrected chi connectivity index (χ2v) is 7.12. The third-order valence-corrected chi connectivity index (χ3v) is 5.15. The number of rotatable bonds is 4. The van der Waals surface area contributed by atoms with Crippen molar-refractivity contribution in [2.75, 3.05) is 18.5 Å². The van der Waals surface area contributed by atoms with Gasteiger partial charge < -0.3 is 15.4 Å².